The van der Waals surface area contributed by atoms with E-state index in [2.05, 4.69) is 9.89 Å². The van der Waals surface area contributed by atoms with Crippen LogP contribution in [0.15, 0.2) is 58.1 Å². The smallest absolute Gasteiger partial charge is 0.364 e. The normalized spacial score (nSPS) is 12.3. The van der Waals surface area contributed by atoms with Gasteiger partial charge in [-0.2, -0.15) is 0 Å². The molecule has 148 valence electrons. The van der Waals surface area contributed by atoms with Crippen LogP contribution in [0.4, 0.5) is 13.2 Å². The van der Waals surface area contributed by atoms with E-state index in [-0.39, 0.29) is 21.6 Å². The molecular formula is C18H15F3N2O4S. The Kier molecular flexibility index (Phi) is 5.28. The molecule has 3 rings (SSSR count). The lowest BCUT2D eigenvalue weighted by atomic mass is 9.91. The summed E-state index contributed by atoms with van der Waals surface area (Å²) in [6.07, 6.45) is -3.59. The van der Waals surface area contributed by atoms with Crippen molar-refractivity contribution in [1.82, 2.24) is 5.16 Å². The van der Waals surface area contributed by atoms with E-state index in [1.54, 1.807) is 19.1 Å². The summed E-state index contributed by atoms with van der Waals surface area (Å²) in [4.78, 5) is -0.210. The lowest BCUT2D eigenvalue weighted by molar-refractivity contribution is -0.330. The standard InChI is InChI=1S/C18H15F3N2O4S/c1-11-6-7-12(13-4-2-3-5-16(13)28(22,24)25)14(10-26-18(19,20)21)17(11)15-8-9-27-23-15/h2-9H,10H2,1H3,(H2,22,24,25). The number of nitrogens with two attached hydrogens (primary N) is 1. The number of rotatable bonds is 5. The van der Waals surface area contributed by atoms with Crippen LogP contribution in [0.1, 0.15) is 11.1 Å². The lowest BCUT2D eigenvalue weighted by Gasteiger charge is -2.18. The van der Waals surface area contributed by atoms with Crippen LogP contribution in [0.2, 0.25) is 0 Å². The maximum Gasteiger partial charge on any atom is 0.522 e. The Labute approximate surface area is 158 Å². The fraction of sp³-hybridized carbons (Fsp3) is 0.167. The predicted molar refractivity (Wildman–Crippen MR) is 94.3 cm³/mol. The second-order valence-electron chi connectivity index (χ2n) is 5.94. The van der Waals surface area contributed by atoms with Crippen LogP contribution in [0.5, 0.6) is 0 Å². The number of primary sulfonamides is 1. The molecule has 0 amide bonds. The number of nitrogens with zero attached hydrogens (tertiary/aromatic N) is 1. The zero-order chi connectivity index (χ0) is 20.5. The molecule has 1 heterocycles. The molecule has 0 bridgehead atoms. The number of alkyl halides is 3. The van der Waals surface area contributed by atoms with E-state index in [0.717, 1.165) is 0 Å². The fourth-order valence-electron chi connectivity index (χ4n) is 2.96. The molecule has 0 atom stereocenters. The lowest BCUT2D eigenvalue weighted by Crippen LogP contribution is -2.16. The third kappa shape index (κ3) is 4.24. The van der Waals surface area contributed by atoms with E-state index in [1.807, 2.05) is 0 Å². The van der Waals surface area contributed by atoms with Gasteiger partial charge < -0.3 is 4.52 Å². The summed E-state index contributed by atoms with van der Waals surface area (Å²) >= 11 is 0. The van der Waals surface area contributed by atoms with Gasteiger partial charge in [0.2, 0.25) is 10.0 Å². The van der Waals surface area contributed by atoms with Crippen molar-refractivity contribution in [3.8, 4) is 22.4 Å². The number of sulfonamides is 1. The summed E-state index contributed by atoms with van der Waals surface area (Å²) in [5.74, 6) is 0. The van der Waals surface area contributed by atoms with Gasteiger partial charge in [0, 0.05) is 17.2 Å². The van der Waals surface area contributed by atoms with Gasteiger partial charge in [0.25, 0.3) is 0 Å². The molecule has 0 radical (unpaired) electrons. The van der Waals surface area contributed by atoms with Crippen molar-refractivity contribution in [1.29, 1.82) is 0 Å². The van der Waals surface area contributed by atoms with E-state index < -0.39 is 23.0 Å². The van der Waals surface area contributed by atoms with Crippen molar-refractivity contribution < 1.29 is 30.8 Å². The first-order chi connectivity index (χ1) is 13.1. The third-order valence-electron chi connectivity index (χ3n) is 4.08. The maximum absolute atomic E-state index is 12.7. The number of halogens is 3. The van der Waals surface area contributed by atoms with E-state index in [0.29, 0.717) is 16.8 Å². The first kappa shape index (κ1) is 20.1. The highest BCUT2D eigenvalue weighted by Crippen LogP contribution is 2.38. The average molecular weight is 412 g/mol. The molecule has 0 aliphatic carbocycles. The van der Waals surface area contributed by atoms with Gasteiger partial charge >= 0.3 is 6.36 Å². The van der Waals surface area contributed by atoms with Gasteiger partial charge in [-0.05, 0) is 29.7 Å². The SMILES string of the molecule is Cc1ccc(-c2ccccc2S(N)(=O)=O)c(COC(F)(F)F)c1-c1ccon1. The van der Waals surface area contributed by atoms with Gasteiger partial charge in [-0.25, -0.2) is 13.6 Å². The molecule has 28 heavy (non-hydrogen) atoms. The molecule has 0 aliphatic heterocycles. The minimum absolute atomic E-state index is 0.113. The Hall–Kier alpha value is -2.69. The number of hydrogen-bond acceptors (Lipinski definition) is 5. The number of benzene rings is 2. The van der Waals surface area contributed by atoms with Crippen molar-refractivity contribution in [2.24, 2.45) is 5.14 Å². The molecule has 0 saturated carbocycles. The summed E-state index contributed by atoms with van der Waals surface area (Å²) in [5.41, 5.74) is 1.79. The quantitative estimate of drug-likeness (QED) is 0.683. The molecule has 3 aromatic rings. The first-order valence-electron chi connectivity index (χ1n) is 7.94. The first-order valence-corrected chi connectivity index (χ1v) is 9.48. The number of ether oxygens (including phenoxy) is 1. The monoisotopic (exact) mass is 412 g/mol. The number of aromatic nitrogens is 1. The average Bonchev–Trinajstić information content (AvgIpc) is 3.12. The summed E-state index contributed by atoms with van der Waals surface area (Å²) in [6.45, 7) is 0.845. The number of aryl methyl sites for hydroxylation is 1. The molecular weight excluding hydrogens is 397 g/mol. The fourth-order valence-corrected chi connectivity index (χ4v) is 3.71. The topological polar surface area (TPSA) is 95.4 Å². The molecule has 0 unspecified atom stereocenters. The van der Waals surface area contributed by atoms with Crippen molar-refractivity contribution in [3.05, 3.63) is 59.9 Å². The van der Waals surface area contributed by atoms with Gasteiger partial charge in [-0.3, -0.25) is 4.74 Å². The maximum atomic E-state index is 12.7. The van der Waals surface area contributed by atoms with Gasteiger partial charge in [0.1, 0.15) is 12.0 Å². The molecule has 2 N–H and O–H groups in total. The van der Waals surface area contributed by atoms with Crippen LogP contribution in [-0.4, -0.2) is 19.9 Å². The van der Waals surface area contributed by atoms with Gasteiger partial charge in [0.15, 0.2) is 0 Å². The van der Waals surface area contributed by atoms with E-state index in [4.69, 9.17) is 9.66 Å². The Bertz CT molecular complexity index is 1090. The highest BCUT2D eigenvalue weighted by molar-refractivity contribution is 7.89. The molecule has 0 spiro atoms. The summed E-state index contributed by atoms with van der Waals surface area (Å²) < 4.78 is 71.1. The Morgan fingerprint density at radius 2 is 1.82 bits per heavy atom. The second kappa shape index (κ2) is 7.38. The zero-order valence-electron chi connectivity index (χ0n) is 14.5. The van der Waals surface area contributed by atoms with Crippen LogP contribution in [-0.2, 0) is 21.4 Å². The minimum Gasteiger partial charge on any atom is -0.364 e. The molecule has 0 saturated heterocycles. The van der Waals surface area contributed by atoms with E-state index in [9.17, 15) is 21.6 Å². The second-order valence-corrected chi connectivity index (χ2v) is 7.47. The van der Waals surface area contributed by atoms with Crippen LogP contribution in [0.25, 0.3) is 22.4 Å². The molecule has 10 heteroatoms. The van der Waals surface area contributed by atoms with Gasteiger partial charge in [-0.1, -0.05) is 35.5 Å². The van der Waals surface area contributed by atoms with Crippen LogP contribution >= 0.6 is 0 Å². The molecule has 2 aromatic carbocycles. The van der Waals surface area contributed by atoms with Gasteiger partial charge in [0.05, 0.1) is 11.5 Å². The van der Waals surface area contributed by atoms with Crippen LogP contribution in [0, 0.1) is 6.92 Å². The van der Waals surface area contributed by atoms with Crippen molar-refractivity contribution in [2.75, 3.05) is 0 Å². The van der Waals surface area contributed by atoms with E-state index >= 15 is 0 Å². The minimum atomic E-state index is -4.87. The summed E-state index contributed by atoms with van der Waals surface area (Å²) in [7, 11) is -4.12. The Balaban J connectivity index is 2.30. The predicted octanol–water partition coefficient (Wildman–Crippen LogP) is 4.00. The van der Waals surface area contributed by atoms with Crippen molar-refractivity contribution in [3.63, 3.8) is 0 Å². The summed E-state index contributed by atoms with van der Waals surface area (Å²) in [5, 5.41) is 9.09. The Morgan fingerprint density at radius 3 is 2.43 bits per heavy atom. The van der Waals surface area contributed by atoms with Crippen molar-refractivity contribution in [2.45, 2.75) is 24.8 Å². The van der Waals surface area contributed by atoms with Crippen LogP contribution in [0.3, 0.4) is 0 Å². The van der Waals surface area contributed by atoms with Crippen molar-refractivity contribution >= 4 is 10.0 Å². The molecule has 0 aliphatic rings. The molecule has 6 nitrogen and oxygen atoms in total. The highest BCUT2D eigenvalue weighted by Gasteiger charge is 2.31. The van der Waals surface area contributed by atoms with Crippen LogP contribution < -0.4 is 5.14 Å². The van der Waals surface area contributed by atoms with Gasteiger partial charge in [-0.15, -0.1) is 13.2 Å². The third-order valence-corrected chi connectivity index (χ3v) is 5.05. The Morgan fingerprint density at radius 1 is 1.11 bits per heavy atom. The largest absolute Gasteiger partial charge is 0.522 e. The molecule has 0 fully saturated rings. The summed E-state index contributed by atoms with van der Waals surface area (Å²) in [6, 6.07) is 10.5. The zero-order valence-corrected chi connectivity index (χ0v) is 15.3. The molecule has 1 aromatic heterocycles. The van der Waals surface area contributed by atoms with E-state index in [1.165, 1.54) is 36.6 Å². The number of hydrogen-bond donors (Lipinski definition) is 1. The highest BCUT2D eigenvalue weighted by atomic mass is 32.2.